The Hall–Kier alpha value is -2.05. The van der Waals surface area contributed by atoms with Crippen molar-refractivity contribution in [3.8, 4) is 6.07 Å². The lowest BCUT2D eigenvalue weighted by atomic mass is 10.2. The highest BCUT2D eigenvalue weighted by Gasteiger charge is 1.97. The number of hydrogen-bond acceptors (Lipinski definition) is 3. The van der Waals surface area contributed by atoms with E-state index in [1.165, 1.54) is 0 Å². The zero-order valence-corrected chi connectivity index (χ0v) is 9.78. The molecule has 17 heavy (non-hydrogen) atoms. The highest BCUT2D eigenvalue weighted by atomic mass is 35.5. The minimum atomic E-state index is 0.408. The SMILES string of the molecule is N#Cc1cc(NCc2ccc(Cl)cc2)ccn1. The van der Waals surface area contributed by atoms with Crippen molar-refractivity contribution in [2.24, 2.45) is 0 Å². The van der Waals surface area contributed by atoms with E-state index in [2.05, 4.69) is 10.3 Å². The number of halogens is 1. The summed E-state index contributed by atoms with van der Waals surface area (Å²) in [6.45, 7) is 0.687. The third kappa shape index (κ3) is 3.20. The summed E-state index contributed by atoms with van der Waals surface area (Å²) in [5, 5.41) is 12.7. The molecule has 2 rings (SSSR count). The highest BCUT2D eigenvalue weighted by Crippen LogP contribution is 2.12. The van der Waals surface area contributed by atoms with Gasteiger partial charge in [0.2, 0.25) is 0 Å². The van der Waals surface area contributed by atoms with Crippen LogP contribution < -0.4 is 5.32 Å². The van der Waals surface area contributed by atoms with E-state index in [4.69, 9.17) is 16.9 Å². The maximum atomic E-state index is 8.72. The summed E-state index contributed by atoms with van der Waals surface area (Å²) in [6, 6.07) is 13.2. The number of rotatable bonds is 3. The van der Waals surface area contributed by atoms with Gasteiger partial charge in [0.1, 0.15) is 11.8 Å². The van der Waals surface area contributed by atoms with E-state index in [1.807, 2.05) is 36.4 Å². The van der Waals surface area contributed by atoms with Gasteiger partial charge in [-0.15, -0.1) is 0 Å². The zero-order chi connectivity index (χ0) is 12.1. The molecule has 0 amide bonds. The Morgan fingerprint density at radius 1 is 1.24 bits per heavy atom. The molecule has 3 nitrogen and oxygen atoms in total. The highest BCUT2D eigenvalue weighted by molar-refractivity contribution is 6.30. The third-order valence-corrected chi connectivity index (χ3v) is 2.54. The number of hydrogen-bond donors (Lipinski definition) is 1. The smallest absolute Gasteiger partial charge is 0.142 e. The predicted octanol–water partition coefficient (Wildman–Crippen LogP) is 3.22. The normalized spacial score (nSPS) is 9.65. The van der Waals surface area contributed by atoms with E-state index in [9.17, 15) is 0 Å². The Balaban J connectivity index is 2.02. The average molecular weight is 244 g/mol. The van der Waals surface area contributed by atoms with E-state index in [0.717, 1.165) is 16.3 Å². The van der Waals surface area contributed by atoms with Crippen LogP contribution in [0, 0.1) is 11.3 Å². The first-order chi connectivity index (χ1) is 8.28. The Bertz CT molecular complexity index is 543. The Kier molecular flexibility index (Phi) is 3.59. The van der Waals surface area contributed by atoms with Crippen LogP contribution >= 0.6 is 11.6 Å². The maximum absolute atomic E-state index is 8.72. The van der Waals surface area contributed by atoms with E-state index in [1.54, 1.807) is 12.3 Å². The molecule has 0 aliphatic carbocycles. The second kappa shape index (κ2) is 5.33. The Morgan fingerprint density at radius 2 is 2.00 bits per heavy atom. The lowest BCUT2D eigenvalue weighted by Gasteiger charge is -2.06. The van der Waals surface area contributed by atoms with Gasteiger partial charge in [-0.25, -0.2) is 4.98 Å². The molecule has 0 atom stereocenters. The Morgan fingerprint density at radius 3 is 2.71 bits per heavy atom. The van der Waals surface area contributed by atoms with Crippen LogP contribution in [0.3, 0.4) is 0 Å². The molecular weight excluding hydrogens is 234 g/mol. The molecule has 0 radical (unpaired) electrons. The first kappa shape index (κ1) is 11.4. The minimum absolute atomic E-state index is 0.408. The van der Waals surface area contributed by atoms with Gasteiger partial charge in [-0.3, -0.25) is 0 Å². The Labute approximate surface area is 105 Å². The van der Waals surface area contributed by atoms with E-state index in [0.29, 0.717) is 12.2 Å². The predicted molar refractivity (Wildman–Crippen MR) is 67.7 cm³/mol. The molecule has 4 heteroatoms. The molecule has 1 heterocycles. The zero-order valence-electron chi connectivity index (χ0n) is 9.02. The van der Waals surface area contributed by atoms with Gasteiger partial charge in [0.15, 0.2) is 0 Å². The summed E-state index contributed by atoms with van der Waals surface area (Å²) in [4.78, 5) is 3.91. The minimum Gasteiger partial charge on any atom is -0.381 e. The first-order valence-corrected chi connectivity index (χ1v) is 5.50. The summed E-state index contributed by atoms with van der Waals surface area (Å²) in [6.07, 6.45) is 1.61. The van der Waals surface area contributed by atoms with Crippen LogP contribution in [0.5, 0.6) is 0 Å². The van der Waals surface area contributed by atoms with Crippen LogP contribution in [0.2, 0.25) is 5.02 Å². The summed E-state index contributed by atoms with van der Waals surface area (Å²) in [5.41, 5.74) is 2.42. The molecule has 1 N–H and O–H groups in total. The van der Waals surface area contributed by atoms with Gasteiger partial charge < -0.3 is 5.32 Å². The van der Waals surface area contributed by atoms with Crippen molar-refractivity contribution in [2.75, 3.05) is 5.32 Å². The van der Waals surface area contributed by atoms with Crippen LogP contribution in [0.4, 0.5) is 5.69 Å². The molecule has 0 saturated heterocycles. The van der Waals surface area contributed by atoms with Crippen molar-refractivity contribution in [3.05, 3.63) is 58.9 Å². The molecule has 0 saturated carbocycles. The summed E-state index contributed by atoms with van der Waals surface area (Å²) < 4.78 is 0. The number of nitriles is 1. The quantitative estimate of drug-likeness (QED) is 0.901. The van der Waals surface area contributed by atoms with Gasteiger partial charge in [-0.05, 0) is 29.8 Å². The molecule has 0 aliphatic heterocycles. The topological polar surface area (TPSA) is 48.7 Å². The maximum Gasteiger partial charge on any atom is 0.142 e. The number of aromatic nitrogens is 1. The largest absolute Gasteiger partial charge is 0.381 e. The lowest BCUT2D eigenvalue weighted by molar-refractivity contribution is 1.14. The monoisotopic (exact) mass is 243 g/mol. The van der Waals surface area contributed by atoms with Gasteiger partial charge in [0, 0.05) is 23.5 Å². The van der Waals surface area contributed by atoms with Crippen LogP contribution in [0.15, 0.2) is 42.6 Å². The van der Waals surface area contributed by atoms with Crippen molar-refractivity contribution in [1.29, 1.82) is 5.26 Å². The van der Waals surface area contributed by atoms with Gasteiger partial charge in [0.05, 0.1) is 0 Å². The fraction of sp³-hybridized carbons (Fsp3) is 0.0769. The van der Waals surface area contributed by atoms with Gasteiger partial charge in [-0.1, -0.05) is 23.7 Å². The molecule has 0 bridgehead atoms. The molecule has 0 fully saturated rings. The average Bonchev–Trinajstić information content (AvgIpc) is 2.38. The number of benzene rings is 1. The van der Waals surface area contributed by atoms with Gasteiger partial charge in [-0.2, -0.15) is 5.26 Å². The molecule has 1 aromatic carbocycles. The summed E-state index contributed by atoms with van der Waals surface area (Å²) in [7, 11) is 0. The molecule has 0 aliphatic rings. The van der Waals surface area contributed by atoms with Crippen LogP contribution in [0.1, 0.15) is 11.3 Å². The van der Waals surface area contributed by atoms with E-state index >= 15 is 0 Å². The van der Waals surface area contributed by atoms with Crippen molar-refractivity contribution in [2.45, 2.75) is 6.54 Å². The second-order valence-corrected chi connectivity index (χ2v) is 3.96. The van der Waals surface area contributed by atoms with Crippen LogP contribution in [-0.2, 0) is 6.54 Å². The van der Waals surface area contributed by atoms with Crippen molar-refractivity contribution < 1.29 is 0 Å². The van der Waals surface area contributed by atoms with Gasteiger partial charge in [0.25, 0.3) is 0 Å². The number of anilines is 1. The number of pyridine rings is 1. The molecule has 84 valence electrons. The third-order valence-electron chi connectivity index (χ3n) is 2.28. The molecular formula is C13H10ClN3. The van der Waals surface area contributed by atoms with Crippen LogP contribution in [-0.4, -0.2) is 4.98 Å². The molecule has 1 aromatic heterocycles. The fourth-order valence-corrected chi connectivity index (χ4v) is 1.53. The first-order valence-electron chi connectivity index (χ1n) is 5.12. The van der Waals surface area contributed by atoms with E-state index < -0.39 is 0 Å². The van der Waals surface area contributed by atoms with Crippen molar-refractivity contribution in [1.82, 2.24) is 4.98 Å². The standard InChI is InChI=1S/C13H10ClN3/c14-11-3-1-10(2-4-11)9-17-12-5-6-16-13(7-12)8-15/h1-7H,9H2,(H,16,17). The summed E-state index contributed by atoms with van der Waals surface area (Å²) in [5.74, 6) is 0. The molecule has 0 spiro atoms. The summed E-state index contributed by atoms with van der Waals surface area (Å²) >= 11 is 5.80. The van der Waals surface area contributed by atoms with Crippen LogP contribution in [0.25, 0.3) is 0 Å². The molecule has 2 aromatic rings. The molecule has 0 unspecified atom stereocenters. The second-order valence-electron chi connectivity index (χ2n) is 3.52. The number of nitrogens with zero attached hydrogens (tertiary/aromatic N) is 2. The number of nitrogens with one attached hydrogen (secondary N) is 1. The van der Waals surface area contributed by atoms with Crippen molar-refractivity contribution in [3.63, 3.8) is 0 Å². The lowest BCUT2D eigenvalue weighted by Crippen LogP contribution is -1.99. The van der Waals surface area contributed by atoms with Crippen molar-refractivity contribution >= 4 is 17.3 Å². The van der Waals surface area contributed by atoms with Gasteiger partial charge >= 0.3 is 0 Å². The fourth-order valence-electron chi connectivity index (χ4n) is 1.41. The van der Waals surface area contributed by atoms with E-state index in [-0.39, 0.29) is 0 Å².